The second-order valence-electron chi connectivity index (χ2n) is 3.69. The number of benzene rings is 1. The molecule has 2 bridgehead atoms. The molecule has 0 N–H and O–H groups in total. The lowest BCUT2D eigenvalue weighted by Gasteiger charge is -2.03. The Morgan fingerprint density at radius 3 is 2.95 bits per heavy atom. The third-order valence-electron chi connectivity index (χ3n) is 2.50. The van der Waals surface area contributed by atoms with Crippen molar-refractivity contribution in [1.82, 2.24) is 0 Å². The Balaban J connectivity index is 1.74. The number of hydrogen-bond donors (Lipinski definition) is 0. The zero-order chi connectivity index (χ0) is 13.6. The van der Waals surface area contributed by atoms with Crippen molar-refractivity contribution in [3.05, 3.63) is 24.3 Å². The number of fused-ring (bicyclic) bond motifs is 1. The summed E-state index contributed by atoms with van der Waals surface area (Å²) in [4.78, 5) is 33.5. The Labute approximate surface area is 105 Å². The fraction of sp³-hybridized carbons (Fsp3) is 0.0833. The van der Waals surface area contributed by atoms with Crippen LogP contribution in [0.25, 0.3) is 11.2 Å². The van der Waals surface area contributed by atoms with Gasteiger partial charge in [0.1, 0.15) is 5.56 Å². The van der Waals surface area contributed by atoms with Gasteiger partial charge in [-0.25, -0.2) is 14.4 Å². The average Bonchev–Trinajstić information content (AvgIpc) is 3.00. The molecule has 1 aliphatic rings. The molecule has 0 spiro atoms. The quantitative estimate of drug-likeness (QED) is 0.461. The molecule has 3 rings (SSSR count). The molecule has 0 amide bonds. The van der Waals surface area contributed by atoms with E-state index in [4.69, 9.17) is 13.9 Å². The number of carbonyl (C=O) groups is 3. The van der Waals surface area contributed by atoms with E-state index in [1.807, 2.05) is 0 Å². The van der Waals surface area contributed by atoms with Crippen molar-refractivity contribution < 1.29 is 33.0 Å². The molecule has 7 heteroatoms. The van der Waals surface area contributed by atoms with Crippen molar-refractivity contribution >= 4 is 29.1 Å². The lowest BCUT2D eigenvalue weighted by Crippen LogP contribution is -2.17. The molecular formula is C12H6O7. The summed E-state index contributed by atoms with van der Waals surface area (Å²) in [6, 6.07) is 1.42. The maximum Gasteiger partial charge on any atom is 0.349 e. The van der Waals surface area contributed by atoms with E-state index < -0.39 is 24.5 Å². The Bertz CT molecular complexity index is 709. The van der Waals surface area contributed by atoms with E-state index in [-0.39, 0.29) is 22.7 Å². The van der Waals surface area contributed by atoms with Crippen molar-refractivity contribution in [2.45, 2.75) is 0 Å². The third-order valence-corrected chi connectivity index (χ3v) is 2.50. The number of furan rings is 2. The first-order valence-electron chi connectivity index (χ1n) is 5.21. The summed E-state index contributed by atoms with van der Waals surface area (Å²) in [7, 11) is 0. The second-order valence-corrected chi connectivity index (χ2v) is 3.69. The number of esters is 3. The predicted octanol–water partition coefficient (Wildman–Crippen LogP) is 1.04. The van der Waals surface area contributed by atoms with Crippen LogP contribution in [0.1, 0.15) is 10.4 Å². The molecule has 0 saturated carbocycles. The summed E-state index contributed by atoms with van der Waals surface area (Å²) in [5, 5.41) is 0. The van der Waals surface area contributed by atoms with E-state index in [0.717, 1.165) is 6.08 Å². The molecule has 0 atom stereocenters. The SMILES string of the molecule is C=CC(=O)OCC(=O)Oc1c2c3oc1cc3C(=O)O2. The summed E-state index contributed by atoms with van der Waals surface area (Å²) < 4.78 is 19.6. The van der Waals surface area contributed by atoms with Gasteiger partial charge in [-0.1, -0.05) is 6.58 Å². The fourth-order valence-electron chi connectivity index (χ4n) is 1.71. The molecular weight excluding hydrogens is 256 g/mol. The van der Waals surface area contributed by atoms with E-state index in [1.165, 1.54) is 6.07 Å². The van der Waals surface area contributed by atoms with Crippen molar-refractivity contribution in [2.75, 3.05) is 6.61 Å². The molecule has 0 aliphatic carbocycles. The monoisotopic (exact) mass is 262 g/mol. The van der Waals surface area contributed by atoms with Gasteiger partial charge in [0.05, 0.1) is 0 Å². The van der Waals surface area contributed by atoms with Gasteiger partial charge in [-0.2, -0.15) is 0 Å². The molecule has 0 aromatic carbocycles. The van der Waals surface area contributed by atoms with E-state index in [9.17, 15) is 14.4 Å². The van der Waals surface area contributed by atoms with Crippen LogP contribution in [0.15, 0.2) is 23.1 Å². The summed E-state index contributed by atoms with van der Waals surface area (Å²) in [6.07, 6.45) is 0.925. The van der Waals surface area contributed by atoms with Gasteiger partial charge in [0.25, 0.3) is 0 Å². The molecule has 0 radical (unpaired) electrons. The number of ether oxygens (including phenoxy) is 3. The first-order chi connectivity index (χ1) is 9.10. The van der Waals surface area contributed by atoms with Crippen LogP contribution < -0.4 is 9.47 Å². The average molecular weight is 262 g/mol. The van der Waals surface area contributed by atoms with Gasteiger partial charge in [-0.15, -0.1) is 0 Å². The lowest BCUT2D eigenvalue weighted by molar-refractivity contribution is -0.150. The zero-order valence-electron chi connectivity index (χ0n) is 9.43. The van der Waals surface area contributed by atoms with Crippen molar-refractivity contribution in [3.8, 4) is 11.5 Å². The number of hydrogen-bond acceptors (Lipinski definition) is 7. The first kappa shape index (κ1) is 11.3. The van der Waals surface area contributed by atoms with Crippen LogP contribution in [0.3, 0.4) is 0 Å². The number of carbonyl (C=O) groups excluding carboxylic acids is 3. The summed E-state index contributed by atoms with van der Waals surface area (Å²) in [5.74, 6) is -2.01. The Morgan fingerprint density at radius 2 is 2.21 bits per heavy atom. The van der Waals surface area contributed by atoms with Crippen LogP contribution in [-0.4, -0.2) is 24.5 Å². The molecule has 2 aromatic heterocycles. The van der Waals surface area contributed by atoms with Gasteiger partial charge in [0.15, 0.2) is 17.8 Å². The van der Waals surface area contributed by atoms with Crippen LogP contribution in [0, 0.1) is 0 Å². The summed E-state index contributed by atoms with van der Waals surface area (Å²) >= 11 is 0. The molecule has 3 heterocycles. The summed E-state index contributed by atoms with van der Waals surface area (Å²) in [6.45, 7) is 2.61. The summed E-state index contributed by atoms with van der Waals surface area (Å²) in [5.41, 5.74) is 0.794. The van der Waals surface area contributed by atoms with Gasteiger partial charge in [0, 0.05) is 12.1 Å². The highest BCUT2D eigenvalue weighted by Gasteiger charge is 2.36. The minimum absolute atomic E-state index is 0.0178. The molecule has 19 heavy (non-hydrogen) atoms. The molecule has 96 valence electrons. The highest BCUT2D eigenvalue weighted by atomic mass is 16.6. The zero-order valence-corrected chi connectivity index (χ0v) is 9.43. The Hall–Kier alpha value is -2.83. The van der Waals surface area contributed by atoms with Gasteiger partial charge in [0.2, 0.25) is 11.5 Å². The van der Waals surface area contributed by atoms with Crippen LogP contribution in [0.4, 0.5) is 0 Å². The van der Waals surface area contributed by atoms with Crippen molar-refractivity contribution in [3.63, 3.8) is 0 Å². The largest absolute Gasteiger partial charge is 0.451 e. The molecule has 1 aliphatic heterocycles. The van der Waals surface area contributed by atoms with E-state index >= 15 is 0 Å². The third kappa shape index (κ3) is 1.63. The van der Waals surface area contributed by atoms with E-state index in [2.05, 4.69) is 11.3 Å². The second kappa shape index (κ2) is 3.84. The van der Waals surface area contributed by atoms with Gasteiger partial charge >= 0.3 is 17.9 Å². The lowest BCUT2D eigenvalue weighted by atomic mass is 10.2. The highest BCUT2D eigenvalue weighted by molar-refractivity contribution is 6.10. The maximum atomic E-state index is 11.4. The van der Waals surface area contributed by atoms with Crippen LogP contribution in [-0.2, 0) is 14.3 Å². The maximum absolute atomic E-state index is 11.4. The van der Waals surface area contributed by atoms with E-state index in [1.54, 1.807) is 0 Å². The van der Waals surface area contributed by atoms with Gasteiger partial charge in [-0.3, -0.25) is 0 Å². The molecule has 7 nitrogen and oxygen atoms in total. The first-order valence-corrected chi connectivity index (χ1v) is 5.21. The highest BCUT2D eigenvalue weighted by Crippen LogP contribution is 2.48. The molecule has 0 saturated heterocycles. The van der Waals surface area contributed by atoms with Gasteiger partial charge in [-0.05, 0) is 0 Å². The standard InChI is InChI=1S/C12H6O7/c1-2-7(13)16-4-8(14)18-10-6-3-5-9(17-6)11(10)19-12(5)15/h2-3H,1,4H2. The number of rotatable bonds is 4. The van der Waals surface area contributed by atoms with Gasteiger partial charge < -0.3 is 18.6 Å². The van der Waals surface area contributed by atoms with Crippen molar-refractivity contribution in [1.29, 1.82) is 0 Å². The minimum Gasteiger partial charge on any atom is -0.451 e. The Morgan fingerprint density at radius 1 is 1.42 bits per heavy atom. The van der Waals surface area contributed by atoms with E-state index in [0.29, 0.717) is 5.56 Å². The van der Waals surface area contributed by atoms with Crippen LogP contribution in [0.2, 0.25) is 0 Å². The fourth-order valence-corrected chi connectivity index (χ4v) is 1.71. The van der Waals surface area contributed by atoms with Crippen LogP contribution >= 0.6 is 0 Å². The molecule has 0 fully saturated rings. The predicted molar refractivity (Wildman–Crippen MR) is 59.1 cm³/mol. The smallest absolute Gasteiger partial charge is 0.349 e. The normalized spacial score (nSPS) is 12.5. The molecule has 0 unspecified atom stereocenters. The van der Waals surface area contributed by atoms with Crippen LogP contribution in [0.5, 0.6) is 11.5 Å². The molecule has 2 aromatic rings. The van der Waals surface area contributed by atoms with Crippen molar-refractivity contribution in [2.24, 2.45) is 0 Å². The topological polar surface area (TPSA) is 92.0 Å². The Kier molecular flexibility index (Phi) is 2.28. The minimum atomic E-state index is -0.820.